The van der Waals surface area contributed by atoms with Crippen LogP contribution < -0.4 is 21.3 Å². The van der Waals surface area contributed by atoms with Crippen LogP contribution in [0.15, 0.2) is 64.2 Å². The van der Waals surface area contributed by atoms with E-state index in [1.54, 1.807) is 37.4 Å². The van der Waals surface area contributed by atoms with Gasteiger partial charge < -0.3 is 25.4 Å². The lowest BCUT2D eigenvalue weighted by atomic mass is 10.0. The topological polar surface area (TPSA) is 180 Å². The molecular formula is C28H33FN4O9. The van der Waals surface area contributed by atoms with E-state index >= 15 is 0 Å². The molecule has 0 saturated heterocycles. The molecule has 226 valence electrons. The third kappa shape index (κ3) is 9.98. The summed E-state index contributed by atoms with van der Waals surface area (Å²) < 4.78 is 22.5. The van der Waals surface area contributed by atoms with Crippen molar-refractivity contribution >= 4 is 23.5 Å². The number of ketones is 1. The van der Waals surface area contributed by atoms with Crippen molar-refractivity contribution in [1.82, 2.24) is 14.0 Å². The van der Waals surface area contributed by atoms with Crippen molar-refractivity contribution < 1.29 is 38.8 Å². The van der Waals surface area contributed by atoms with Crippen LogP contribution in [0.25, 0.3) is 0 Å². The number of nitrogens with zero attached hydrogens (tertiary/aromatic N) is 3. The Kier molecular flexibility index (Phi) is 13.1. The van der Waals surface area contributed by atoms with E-state index in [4.69, 9.17) is 24.5 Å². The molecule has 1 aromatic heterocycles. The molecule has 0 bridgehead atoms. The van der Waals surface area contributed by atoms with Gasteiger partial charge in [-0.1, -0.05) is 30.3 Å². The molecule has 0 aliphatic rings. The minimum absolute atomic E-state index is 0.0310. The first-order valence-corrected chi connectivity index (χ1v) is 12.8. The van der Waals surface area contributed by atoms with Crippen LogP contribution in [-0.2, 0) is 23.7 Å². The fourth-order valence-corrected chi connectivity index (χ4v) is 3.71. The molecule has 0 atom stereocenters. The van der Waals surface area contributed by atoms with Crippen LogP contribution in [0, 0.1) is 5.82 Å². The standard InChI is InChI=1S/C26H31FN4O5.C2H2O4/c1-29-23(18-24(33)30(2)26(29)35)28-11-13-31(14-15-32)12-6-16-36-22-10-9-20(17-21(22)27)25(34)19-7-4-3-5-8-19;3-1(4)2(5)6/h3-5,7-10,17-18,28,32H,6,11-16H2,1-2H3;(H,3,4)(H,5,6). The minimum atomic E-state index is -1.82. The van der Waals surface area contributed by atoms with Crippen LogP contribution >= 0.6 is 0 Å². The monoisotopic (exact) mass is 588 g/mol. The summed E-state index contributed by atoms with van der Waals surface area (Å²) in [5.74, 6) is -4.02. The summed E-state index contributed by atoms with van der Waals surface area (Å²) in [6.45, 7) is 2.24. The summed E-state index contributed by atoms with van der Waals surface area (Å²) >= 11 is 0. The van der Waals surface area contributed by atoms with Gasteiger partial charge in [0.15, 0.2) is 17.3 Å². The van der Waals surface area contributed by atoms with Crippen molar-refractivity contribution in [1.29, 1.82) is 0 Å². The number of rotatable bonds is 13. The first-order valence-electron chi connectivity index (χ1n) is 12.8. The Morgan fingerprint density at radius 2 is 1.57 bits per heavy atom. The highest BCUT2D eigenvalue weighted by Crippen LogP contribution is 2.20. The molecule has 0 radical (unpaired) electrons. The molecule has 0 saturated carbocycles. The summed E-state index contributed by atoms with van der Waals surface area (Å²) in [5.41, 5.74) is -0.0730. The summed E-state index contributed by atoms with van der Waals surface area (Å²) in [6.07, 6.45) is 0.578. The summed E-state index contributed by atoms with van der Waals surface area (Å²) in [4.78, 5) is 56.6. The van der Waals surface area contributed by atoms with Crippen LogP contribution in [0.5, 0.6) is 5.75 Å². The summed E-state index contributed by atoms with van der Waals surface area (Å²) in [6, 6.07) is 14.2. The van der Waals surface area contributed by atoms with Gasteiger partial charge in [-0.05, 0) is 24.6 Å². The molecule has 0 fully saturated rings. The molecule has 14 heteroatoms. The molecule has 3 rings (SSSR count). The number of aromatic nitrogens is 2. The molecular weight excluding hydrogens is 555 g/mol. The summed E-state index contributed by atoms with van der Waals surface area (Å²) in [5, 5.41) is 27.2. The first kappa shape index (κ1) is 33.4. The highest BCUT2D eigenvalue weighted by molar-refractivity contribution is 6.27. The van der Waals surface area contributed by atoms with E-state index in [1.807, 2.05) is 11.0 Å². The number of aliphatic carboxylic acids is 2. The molecule has 0 unspecified atom stereocenters. The molecule has 0 spiro atoms. The van der Waals surface area contributed by atoms with Crippen molar-refractivity contribution in [2.75, 3.05) is 44.7 Å². The fourth-order valence-electron chi connectivity index (χ4n) is 3.71. The number of hydrogen-bond acceptors (Lipinski definition) is 9. The van der Waals surface area contributed by atoms with Crippen molar-refractivity contribution in [3.63, 3.8) is 0 Å². The maximum Gasteiger partial charge on any atom is 0.414 e. The van der Waals surface area contributed by atoms with Crippen molar-refractivity contribution in [2.24, 2.45) is 14.1 Å². The van der Waals surface area contributed by atoms with Gasteiger partial charge in [0.1, 0.15) is 5.82 Å². The zero-order valence-corrected chi connectivity index (χ0v) is 23.2. The normalized spacial score (nSPS) is 10.5. The molecule has 13 nitrogen and oxygen atoms in total. The fraction of sp³-hybridized carbons (Fsp3) is 0.321. The van der Waals surface area contributed by atoms with E-state index in [0.717, 1.165) is 4.57 Å². The van der Waals surface area contributed by atoms with E-state index in [1.165, 1.54) is 29.8 Å². The number of aliphatic hydroxyl groups excluding tert-OH is 1. The largest absolute Gasteiger partial charge is 0.490 e. The number of hydrogen-bond donors (Lipinski definition) is 4. The van der Waals surface area contributed by atoms with Crippen LogP contribution in [0.1, 0.15) is 22.3 Å². The highest BCUT2D eigenvalue weighted by atomic mass is 19.1. The Morgan fingerprint density at radius 1 is 0.905 bits per heavy atom. The van der Waals surface area contributed by atoms with Crippen LogP contribution in [0.3, 0.4) is 0 Å². The van der Waals surface area contributed by atoms with Crippen molar-refractivity contribution in [2.45, 2.75) is 6.42 Å². The van der Waals surface area contributed by atoms with Gasteiger partial charge in [0.05, 0.1) is 13.2 Å². The number of benzene rings is 2. The average Bonchev–Trinajstić information content (AvgIpc) is 2.97. The second kappa shape index (κ2) is 16.4. The number of halogens is 1. The van der Waals surface area contributed by atoms with Crippen LogP contribution in [0.4, 0.5) is 10.2 Å². The Labute approximate surface area is 240 Å². The van der Waals surface area contributed by atoms with E-state index in [-0.39, 0.29) is 30.3 Å². The van der Waals surface area contributed by atoms with Gasteiger partial charge in [-0.25, -0.2) is 18.8 Å². The third-order valence-corrected chi connectivity index (χ3v) is 5.97. The number of nitrogens with one attached hydrogen (secondary N) is 1. The minimum Gasteiger partial charge on any atom is -0.490 e. The van der Waals surface area contributed by atoms with E-state index < -0.39 is 29.0 Å². The zero-order valence-electron chi connectivity index (χ0n) is 23.2. The lowest BCUT2D eigenvalue weighted by molar-refractivity contribution is -0.159. The second-order valence-corrected chi connectivity index (χ2v) is 8.91. The highest BCUT2D eigenvalue weighted by Gasteiger charge is 2.13. The Morgan fingerprint density at radius 3 is 2.17 bits per heavy atom. The lowest BCUT2D eigenvalue weighted by Gasteiger charge is -2.22. The SMILES string of the molecule is Cn1c(NCCN(CCO)CCCOc2ccc(C(=O)c3ccccc3)cc2F)cc(=O)n(C)c1=O.O=C(O)C(=O)O. The van der Waals surface area contributed by atoms with E-state index in [9.17, 15) is 23.9 Å². The number of carboxylic acid groups (broad SMARTS) is 2. The maximum atomic E-state index is 14.5. The first-order chi connectivity index (χ1) is 20.0. The number of aliphatic hydroxyl groups is 1. The summed E-state index contributed by atoms with van der Waals surface area (Å²) in [7, 11) is 3.00. The molecule has 0 amide bonds. The van der Waals surface area contributed by atoms with Gasteiger partial charge in [0.2, 0.25) is 0 Å². The average molecular weight is 589 g/mol. The molecule has 1 heterocycles. The van der Waals surface area contributed by atoms with Gasteiger partial charge in [0, 0.05) is 57.5 Å². The Balaban J connectivity index is 0.000000928. The number of ether oxygens (including phenoxy) is 1. The third-order valence-electron chi connectivity index (χ3n) is 5.97. The Hall–Kier alpha value is -4.82. The van der Waals surface area contributed by atoms with Gasteiger partial charge in [-0.2, -0.15) is 0 Å². The molecule has 42 heavy (non-hydrogen) atoms. The predicted molar refractivity (Wildman–Crippen MR) is 151 cm³/mol. The Bertz CT molecular complexity index is 1480. The van der Waals surface area contributed by atoms with Crippen LogP contribution in [0.2, 0.25) is 0 Å². The van der Waals surface area contributed by atoms with Gasteiger partial charge in [0.25, 0.3) is 5.56 Å². The molecule has 0 aliphatic heterocycles. The number of carbonyl (C=O) groups excluding carboxylic acids is 1. The number of carboxylic acids is 2. The molecule has 2 aromatic carbocycles. The number of anilines is 1. The zero-order chi connectivity index (χ0) is 31.2. The predicted octanol–water partition coefficient (Wildman–Crippen LogP) is 0.785. The van der Waals surface area contributed by atoms with Gasteiger partial charge in [-0.15, -0.1) is 0 Å². The molecule has 3 aromatic rings. The van der Waals surface area contributed by atoms with Crippen molar-refractivity contribution in [3.8, 4) is 5.75 Å². The molecule has 4 N–H and O–H groups in total. The van der Waals surface area contributed by atoms with Gasteiger partial charge >= 0.3 is 17.6 Å². The quantitative estimate of drug-likeness (QED) is 0.126. The van der Waals surface area contributed by atoms with Gasteiger partial charge in [-0.3, -0.25) is 23.6 Å². The van der Waals surface area contributed by atoms with E-state index in [0.29, 0.717) is 44.0 Å². The lowest BCUT2D eigenvalue weighted by Crippen LogP contribution is -2.38. The van der Waals surface area contributed by atoms with Crippen molar-refractivity contribution in [3.05, 3.63) is 92.4 Å². The smallest absolute Gasteiger partial charge is 0.414 e. The van der Waals surface area contributed by atoms with Crippen LogP contribution in [-0.4, -0.2) is 86.5 Å². The maximum absolute atomic E-state index is 14.5. The van der Waals surface area contributed by atoms with E-state index in [2.05, 4.69) is 5.32 Å². The molecule has 0 aliphatic carbocycles. The number of carbonyl (C=O) groups is 3. The second-order valence-electron chi connectivity index (χ2n) is 8.91.